The van der Waals surface area contributed by atoms with Crippen molar-refractivity contribution in [2.75, 3.05) is 19.6 Å². The summed E-state index contributed by atoms with van der Waals surface area (Å²) in [6.45, 7) is 9.62. The zero-order valence-electron chi connectivity index (χ0n) is 24.8. The standard InChI is InChI=1S/C33H41N5O3S/c1-21(2)32-35-36-33(42-32)23-9-11-28(12-10-23)41-29-18-24(7-8-25(29)20-38-19-22(3)17-30(38)39)31(40)34-26-13-15-37(16-14-26)27-5-4-6-27/h7-12,18,21-22,26-27H,4-6,13-17,19-20H2,1-3H3,(H,34,40)/t22-/m0/s1. The Hall–Kier alpha value is -3.30. The zero-order chi connectivity index (χ0) is 29.2. The number of likely N-dealkylation sites (tertiary alicyclic amines) is 2. The van der Waals surface area contributed by atoms with Crippen molar-refractivity contribution in [3.63, 3.8) is 0 Å². The maximum Gasteiger partial charge on any atom is 0.251 e. The normalized spacial score (nSPS) is 20.2. The SMILES string of the molecule is CC(C)c1nnc(-c2ccc(Oc3cc(C(=O)NC4CCN(C5CCC5)CC4)ccc3CN3C[C@@H](C)CC3=O)cc2)s1. The van der Waals surface area contributed by atoms with E-state index in [9.17, 15) is 9.59 Å². The van der Waals surface area contributed by atoms with Gasteiger partial charge in [0.25, 0.3) is 5.91 Å². The van der Waals surface area contributed by atoms with E-state index in [1.807, 2.05) is 47.4 Å². The molecule has 1 aliphatic carbocycles. The second kappa shape index (κ2) is 12.5. The molecule has 222 valence electrons. The number of nitrogens with one attached hydrogen (secondary N) is 1. The number of aromatic nitrogens is 2. The molecule has 1 N–H and O–H groups in total. The third kappa shape index (κ3) is 6.52. The Bertz CT molecular complexity index is 1410. The van der Waals surface area contributed by atoms with Gasteiger partial charge in [0.2, 0.25) is 5.91 Å². The fourth-order valence-electron chi connectivity index (χ4n) is 6.06. The van der Waals surface area contributed by atoms with Crippen LogP contribution in [-0.4, -0.2) is 63.5 Å². The number of nitrogens with zero attached hydrogens (tertiary/aromatic N) is 4. The summed E-state index contributed by atoms with van der Waals surface area (Å²) in [4.78, 5) is 30.4. The molecule has 3 fully saturated rings. The van der Waals surface area contributed by atoms with Crippen LogP contribution in [0.15, 0.2) is 42.5 Å². The highest BCUT2D eigenvalue weighted by Gasteiger charge is 2.30. The second-order valence-corrected chi connectivity index (χ2v) is 13.5. The Balaban J connectivity index is 1.17. The minimum Gasteiger partial charge on any atom is -0.457 e. The summed E-state index contributed by atoms with van der Waals surface area (Å²) in [7, 11) is 0. The zero-order valence-corrected chi connectivity index (χ0v) is 25.7. The first-order chi connectivity index (χ1) is 20.3. The van der Waals surface area contributed by atoms with Crippen molar-refractivity contribution >= 4 is 23.2 Å². The van der Waals surface area contributed by atoms with Gasteiger partial charge in [-0.2, -0.15) is 0 Å². The van der Waals surface area contributed by atoms with Crippen LogP contribution >= 0.6 is 11.3 Å². The number of hydrogen-bond acceptors (Lipinski definition) is 7. The number of benzene rings is 2. The summed E-state index contributed by atoms with van der Waals surface area (Å²) in [5, 5.41) is 13.8. The van der Waals surface area contributed by atoms with Crippen molar-refractivity contribution in [2.24, 2.45) is 5.92 Å². The van der Waals surface area contributed by atoms with E-state index >= 15 is 0 Å². The molecule has 2 aliphatic heterocycles. The van der Waals surface area contributed by atoms with Crippen molar-refractivity contribution < 1.29 is 14.3 Å². The largest absolute Gasteiger partial charge is 0.457 e. The van der Waals surface area contributed by atoms with Crippen LogP contribution in [0.2, 0.25) is 0 Å². The Morgan fingerprint density at radius 3 is 2.45 bits per heavy atom. The lowest BCUT2D eigenvalue weighted by molar-refractivity contribution is -0.128. The molecule has 3 heterocycles. The molecule has 6 rings (SSSR count). The minimum absolute atomic E-state index is 0.0769. The van der Waals surface area contributed by atoms with Crippen LogP contribution < -0.4 is 10.1 Å². The highest BCUT2D eigenvalue weighted by Crippen LogP contribution is 2.33. The molecule has 1 saturated carbocycles. The maximum absolute atomic E-state index is 13.3. The number of carbonyl (C=O) groups excluding carboxylic acids is 2. The van der Waals surface area contributed by atoms with Gasteiger partial charge in [-0.3, -0.25) is 9.59 Å². The molecule has 8 nitrogen and oxygen atoms in total. The van der Waals surface area contributed by atoms with Gasteiger partial charge in [-0.25, -0.2) is 0 Å². The highest BCUT2D eigenvalue weighted by molar-refractivity contribution is 7.14. The van der Waals surface area contributed by atoms with Crippen LogP contribution in [0.1, 0.15) is 86.1 Å². The Morgan fingerprint density at radius 2 is 1.83 bits per heavy atom. The van der Waals surface area contributed by atoms with Gasteiger partial charge < -0.3 is 19.9 Å². The summed E-state index contributed by atoms with van der Waals surface area (Å²) in [6, 6.07) is 14.4. The first-order valence-corrected chi connectivity index (χ1v) is 16.2. The molecule has 0 unspecified atom stereocenters. The minimum atomic E-state index is -0.0769. The van der Waals surface area contributed by atoms with E-state index in [1.54, 1.807) is 11.3 Å². The van der Waals surface area contributed by atoms with Gasteiger partial charge in [0.05, 0.1) is 0 Å². The first kappa shape index (κ1) is 28.8. The topological polar surface area (TPSA) is 87.7 Å². The smallest absolute Gasteiger partial charge is 0.251 e. The summed E-state index contributed by atoms with van der Waals surface area (Å²) >= 11 is 1.60. The highest BCUT2D eigenvalue weighted by atomic mass is 32.1. The second-order valence-electron chi connectivity index (χ2n) is 12.5. The van der Waals surface area contributed by atoms with E-state index < -0.39 is 0 Å². The molecule has 2 amide bonds. The number of piperidine rings is 1. The molecular formula is C33H41N5O3S. The van der Waals surface area contributed by atoms with Crippen LogP contribution in [0.4, 0.5) is 0 Å². The van der Waals surface area contributed by atoms with E-state index in [0.717, 1.165) is 59.7 Å². The fraction of sp³-hybridized carbons (Fsp3) is 0.515. The summed E-state index contributed by atoms with van der Waals surface area (Å²) in [6.07, 6.45) is 6.52. The molecular weight excluding hydrogens is 546 g/mol. The van der Waals surface area contributed by atoms with E-state index in [4.69, 9.17) is 4.74 Å². The lowest BCUT2D eigenvalue weighted by atomic mass is 9.89. The third-order valence-corrected chi connectivity index (χ3v) is 10.1. The number of carbonyl (C=O) groups is 2. The predicted octanol–water partition coefficient (Wildman–Crippen LogP) is 6.24. The Labute approximate surface area is 252 Å². The van der Waals surface area contributed by atoms with Crippen molar-refractivity contribution in [3.8, 4) is 22.1 Å². The molecule has 0 spiro atoms. The molecule has 0 radical (unpaired) electrons. The molecule has 2 aromatic carbocycles. The number of rotatable bonds is 9. The molecule has 42 heavy (non-hydrogen) atoms. The summed E-state index contributed by atoms with van der Waals surface area (Å²) in [5.74, 6) is 2.02. The predicted molar refractivity (Wildman–Crippen MR) is 165 cm³/mol. The van der Waals surface area contributed by atoms with E-state index in [0.29, 0.717) is 41.9 Å². The maximum atomic E-state index is 13.3. The average molecular weight is 588 g/mol. The monoisotopic (exact) mass is 587 g/mol. The fourth-order valence-corrected chi connectivity index (χ4v) is 6.91. The van der Waals surface area contributed by atoms with E-state index in [2.05, 4.69) is 41.2 Å². The number of ether oxygens (including phenoxy) is 1. The average Bonchev–Trinajstić information content (AvgIpc) is 3.56. The van der Waals surface area contributed by atoms with Crippen LogP contribution in [0.3, 0.4) is 0 Å². The molecule has 1 atom stereocenters. The van der Waals surface area contributed by atoms with Crippen LogP contribution in [0, 0.1) is 5.92 Å². The van der Waals surface area contributed by atoms with Gasteiger partial charge in [-0.1, -0.05) is 44.6 Å². The third-order valence-electron chi connectivity index (χ3n) is 8.82. The van der Waals surface area contributed by atoms with Crippen molar-refractivity contribution in [1.82, 2.24) is 25.3 Å². The van der Waals surface area contributed by atoms with Crippen LogP contribution in [-0.2, 0) is 11.3 Å². The van der Waals surface area contributed by atoms with Gasteiger partial charge in [-0.15, -0.1) is 10.2 Å². The Kier molecular flexibility index (Phi) is 8.58. The summed E-state index contributed by atoms with van der Waals surface area (Å²) in [5.41, 5.74) is 2.45. The first-order valence-electron chi connectivity index (χ1n) is 15.4. The van der Waals surface area contributed by atoms with Crippen LogP contribution in [0.5, 0.6) is 11.5 Å². The Morgan fingerprint density at radius 1 is 1.07 bits per heavy atom. The quantitative estimate of drug-likeness (QED) is 0.319. The molecule has 3 aromatic rings. The lowest BCUT2D eigenvalue weighted by Crippen LogP contribution is -2.49. The summed E-state index contributed by atoms with van der Waals surface area (Å²) < 4.78 is 6.40. The van der Waals surface area contributed by atoms with Gasteiger partial charge in [-0.05, 0) is 68.0 Å². The van der Waals surface area contributed by atoms with E-state index in [-0.39, 0.29) is 17.9 Å². The molecule has 3 aliphatic rings. The van der Waals surface area contributed by atoms with Crippen LogP contribution in [0.25, 0.3) is 10.6 Å². The number of hydrogen-bond donors (Lipinski definition) is 1. The van der Waals surface area contributed by atoms with E-state index in [1.165, 1.54) is 19.3 Å². The van der Waals surface area contributed by atoms with Crippen molar-refractivity contribution in [1.29, 1.82) is 0 Å². The van der Waals surface area contributed by atoms with Gasteiger partial charge in [0, 0.05) is 67.3 Å². The van der Waals surface area contributed by atoms with Crippen molar-refractivity contribution in [3.05, 3.63) is 58.6 Å². The van der Waals surface area contributed by atoms with Gasteiger partial charge in [0.15, 0.2) is 0 Å². The molecule has 0 bridgehead atoms. The molecule has 9 heteroatoms. The van der Waals surface area contributed by atoms with Crippen molar-refractivity contribution in [2.45, 2.75) is 83.8 Å². The lowest BCUT2D eigenvalue weighted by Gasteiger charge is -2.41. The van der Waals surface area contributed by atoms with Gasteiger partial charge in [0.1, 0.15) is 21.5 Å². The van der Waals surface area contributed by atoms with Gasteiger partial charge >= 0.3 is 0 Å². The molecule has 1 aromatic heterocycles. The molecule has 2 saturated heterocycles. The number of amides is 2.